The average molecular weight is 277 g/mol. The Kier molecular flexibility index (Phi) is 3.98. The van der Waals surface area contributed by atoms with Crippen molar-refractivity contribution >= 4 is 11.7 Å². The lowest BCUT2D eigenvalue weighted by atomic mass is 10.1. The Morgan fingerprint density at radius 3 is 2.40 bits per heavy atom. The highest BCUT2D eigenvalue weighted by atomic mass is 19.1. The molecule has 0 radical (unpaired) electrons. The molecule has 2 aromatic rings. The minimum atomic E-state index is -1.43. The molecule has 0 amide bonds. The zero-order chi connectivity index (χ0) is 14.7. The highest BCUT2D eigenvalue weighted by Gasteiger charge is 2.14. The van der Waals surface area contributed by atoms with E-state index >= 15 is 0 Å². The third-order valence-corrected chi connectivity index (χ3v) is 2.89. The molecular formula is C15H13F2NO2. The maximum Gasteiger partial charge on any atom is 0.338 e. The van der Waals surface area contributed by atoms with Gasteiger partial charge in [0, 0.05) is 12.6 Å². The summed E-state index contributed by atoms with van der Waals surface area (Å²) >= 11 is 0. The van der Waals surface area contributed by atoms with Crippen molar-refractivity contribution in [1.29, 1.82) is 0 Å². The molecular weight excluding hydrogens is 264 g/mol. The van der Waals surface area contributed by atoms with Gasteiger partial charge in [0.2, 0.25) is 0 Å². The summed E-state index contributed by atoms with van der Waals surface area (Å²) in [5.74, 6) is -3.34. The molecule has 0 aliphatic heterocycles. The lowest BCUT2D eigenvalue weighted by Crippen LogP contribution is -2.06. The summed E-state index contributed by atoms with van der Waals surface area (Å²) in [5.41, 5.74) is 1.42. The van der Waals surface area contributed by atoms with Crippen LogP contribution >= 0.6 is 0 Å². The normalized spacial score (nSPS) is 10.3. The van der Waals surface area contributed by atoms with E-state index in [-0.39, 0.29) is 5.69 Å². The monoisotopic (exact) mass is 277 g/mol. The number of aromatic carboxylic acids is 1. The van der Waals surface area contributed by atoms with E-state index in [0.29, 0.717) is 12.6 Å². The quantitative estimate of drug-likeness (QED) is 0.898. The fourth-order valence-electron chi connectivity index (χ4n) is 1.75. The lowest BCUT2D eigenvalue weighted by Gasteiger charge is -2.09. The minimum Gasteiger partial charge on any atom is -0.478 e. The molecule has 0 heterocycles. The topological polar surface area (TPSA) is 49.3 Å². The highest BCUT2D eigenvalue weighted by Crippen LogP contribution is 2.20. The van der Waals surface area contributed by atoms with Gasteiger partial charge in [0.1, 0.15) is 11.6 Å². The number of hydrogen-bond donors (Lipinski definition) is 2. The van der Waals surface area contributed by atoms with Gasteiger partial charge in [-0.1, -0.05) is 29.8 Å². The second-order valence-corrected chi connectivity index (χ2v) is 4.46. The Bertz CT molecular complexity index is 639. The molecule has 2 N–H and O–H groups in total. The zero-order valence-corrected chi connectivity index (χ0v) is 10.8. The molecule has 20 heavy (non-hydrogen) atoms. The average Bonchev–Trinajstić information content (AvgIpc) is 2.39. The zero-order valence-electron chi connectivity index (χ0n) is 10.8. The number of nitrogens with one attached hydrogen (secondary N) is 1. The van der Waals surface area contributed by atoms with Crippen LogP contribution in [0.25, 0.3) is 0 Å². The third kappa shape index (κ3) is 3.12. The summed E-state index contributed by atoms with van der Waals surface area (Å²) in [5, 5.41) is 11.6. The number of halogens is 2. The van der Waals surface area contributed by atoms with E-state index in [1.807, 2.05) is 31.2 Å². The van der Waals surface area contributed by atoms with E-state index in [9.17, 15) is 13.6 Å². The molecule has 0 fully saturated rings. The van der Waals surface area contributed by atoms with Crippen molar-refractivity contribution in [2.24, 2.45) is 0 Å². The van der Waals surface area contributed by atoms with Crippen LogP contribution in [0.3, 0.4) is 0 Å². The Balaban J connectivity index is 2.18. The molecule has 0 saturated carbocycles. The van der Waals surface area contributed by atoms with Crippen molar-refractivity contribution in [3.8, 4) is 0 Å². The lowest BCUT2D eigenvalue weighted by molar-refractivity contribution is 0.0692. The van der Waals surface area contributed by atoms with E-state index < -0.39 is 23.2 Å². The molecule has 0 saturated heterocycles. The summed E-state index contributed by atoms with van der Waals surface area (Å²) in [6, 6.07) is 9.12. The van der Waals surface area contributed by atoms with Gasteiger partial charge in [0.15, 0.2) is 0 Å². The molecule has 3 nitrogen and oxygen atoms in total. The van der Waals surface area contributed by atoms with Crippen molar-refractivity contribution in [1.82, 2.24) is 0 Å². The Labute approximate surface area is 114 Å². The Hall–Kier alpha value is -2.43. The fraction of sp³-hybridized carbons (Fsp3) is 0.133. The second kappa shape index (κ2) is 5.69. The largest absolute Gasteiger partial charge is 0.478 e. The first-order valence-electron chi connectivity index (χ1n) is 5.99. The van der Waals surface area contributed by atoms with Crippen LogP contribution < -0.4 is 5.32 Å². The smallest absolute Gasteiger partial charge is 0.338 e. The first-order chi connectivity index (χ1) is 9.47. The number of carbonyl (C=O) groups is 1. The minimum absolute atomic E-state index is 0.0376. The molecule has 0 aliphatic carbocycles. The van der Waals surface area contributed by atoms with Crippen LogP contribution in [-0.4, -0.2) is 11.1 Å². The molecule has 2 rings (SSSR count). The van der Waals surface area contributed by atoms with Crippen molar-refractivity contribution < 1.29 is 18.7 Å². The molecule has 0 aromatic heterocycles. The number of carboxylic acid groups (broad SMARTS) is 1. The Morgan fingerprint density at radius 1 is 1.15 bits per heavy atom. The predicted octanol–water partition coefficient (Wildman–Crippen LogP) is 3.58. The maximum atomic E-state index is 13.6. The third-order valence-electron chi connectivity index (χ3n) is 2.89. The SMILES string of the molecule is Cc1ccc(CNc2cc(C(=O)O)c(F)cc2F)cc1. The van der Waals surface area contributed by atoms with Gasteiger partial charge in [0.25, 0.3) is 0 Å². The summed E-state index contributed by atoms with van der Waals surface area (Å²) in [4.78, 5) is 10.8. The predicted molar refractivity (Wildman–Crippen MR) is 71.8 cm³/mol. The summed E-state index contributed by atoms with van der Waals surface area (Å²) in [6.07, 6.45) is 0. The van der Waals surface area contributed by atoms with Crippen LogP contribution in [-0.2, 0) is 6.54 Å². The van der Waals surface area contributed by atoms with Crippen molar-refractivity contribution in [3.05, 3.63) is 64.7 Å². The van der Waals surface area contributed by atoms with Crippen molar-refractivity contribution in [3.63, 3.8) is 0 Å². The van der Waals surface area contributed by atoms with Crippen LogP contribution in [0.5, 0.6) is 0 Å². The fourth-order valence-corrected chi connectivity index (χ4v) is 1.75. The summed E-state index contributed by atoms with van der Waals surface area (Å²) < 4.78 is 26.8. The van der Waals surface area contributed by atoms with E-state index in [4.69, 9.17) is 5.11 Å². The molecule has 0 atom stereocenters. The van der Waals surface area contributed by atoms with Crippen LogP contribution in [0.1, 0.15) is 21.5 Å². The number of aryl methyl sites for hydroxylation is 1. The highest BCUT2D eigenvalue weighted by molar-refractivity contribution is 5.89. The first-order valence-corrected chi connectivity index (χ1v) is 5.99. The van der Waals surface area contributed by atoms with Gasteiger partial charge in [0.05, 0.1) is 11.3 Å². The van der Waals surface area contributed by atoms with Crippen LogP contribution in [0.4, 0.5) is 14.5 Å². The number of anilines is 1. The number of carboxylic acids is 1. The van der Waals surface area contributed by atoms with Gasteiger partial charge in [-0.05, 0) is 18.6 Å². The van der Waals surface area contributed by atoms with Crippen LogP contribution in [0.15, 0.2) is 36.4 Å². The summed E-state index contributed by atoms with van der Waals surface area (Å²) in [7, 11) is 0. The molecule has 0 aliphatic rings. The molecule has 0 unspecified atom stereocenters. The number of hydrogen-bond acceptors (Lipinski definition) is 2. The number of benzene rings is 2. The molecule has 104 valence electrons. The maximum absolute atomic E-state index is 13.6. The second-order valence-electron chi connectivity index (χ2n) is 4.46. The number of rotatable bonds is 4. The Morgan fingerprint density at radius 2 is 1.80 bits per heavy atom. The van der Waals surface area contributed by atoms with Crippen molar-refractivity contribution in [2.45, 2.75) is 13.5 Å². The van der Waals surface area contributed by atoms with E-state index in [1.165, 1.54) is 0 Å². The van der Waals surface area contributed by atoms with Gasteiger partial charge in [-0.3, -0.25) is 0 Å². The summed E-state index contributed by atoms with van der Waals surface area (Å²) in [6.45, 7) is 2.28. The van der Waals surface area contributed by atoms with Crippen molar-refractivity contribution in [2.75, 3.05) is 5.32 Å². The van der Waals surface area contributed by atoms with Crippen LogP contribution in [0, 0.1) is 18.6 Å². The molecule has 5 heteroatoms. The van der Waals surface area contributed by atoms with E-state index in [0.717, 1.165) is 17.2 Å². The van der Waals surface area contributed by atoms with Gasteiger partial charge in [-0.25, -0.2) is 13.6 Å². The van der Waals surface area contributed by atoms with Gasteiger partial charge < -0.3 is 10.4 Å². The molecule has 0 spiro atoms. The van der Waals surface area contributed by atoms with Gasteiger partial charge in [-0.15, -0.1) is 0 Å². The van der Waals surface area contributed by atoms with E-state index in [2.05, 4.69) is 5.32 Å². The molecule has 2 aromatic carbocycles. The van der Waals surface area contributed by atoms with Crippen LogP contribution in [0.2, 0.25) is 0 Å². The molecule has 0 bridgehead atoms. The van der Waals surface area contributed by atoms with Gasteiger partial charge in [-0.2, -0.15) is 0 Å². The van der Waals surface area contributed by atoms with Gasteiger partial charge >= 0.3 is 5.97 Å². The van der Waals surface area contributed by atoms with E-state index in [1.54, 1.807) is 0 Å². The standard InChI is InChI=1S/C15H13F2NO2/c1-9-2-4-10(5-3-9)8-18-14-6-11(15(19)20)12(16)7-13(14)17/h2-7,18H,8H2,1H3,(H,19,20). The first kappa shape index (κ1) is 14.0.